The van der Waals surface area contributed by atoms with Crippen molar-refractivity contribution in [2.45, 2.75) is 13.5 Å². The van der Waals surface area contributed by atoms with Gasteiger partial charge in [-0.2, -0.15) is 5.26 Å². The molecule has 1 heterocycles. The molecule has 0 unspecified atom stereocenters. The SMILES string of the molecule is C=CCOC(=O)/C(C#N)=c1\s/c(=C\c2ccc(O)c(OC)c2)c(=O)n1CC. The van der Waals surface area contributed by atoms with Gasteiger partial charge in [0.1, 0.15) is 17.3 Å². The molecule has 140 valence electrons. The molecule has 0 aliphatic carbocycles. The van der Waals surface area contributed by atoms with E-state index < -0.39 is 5.97 Å². The van der Waals surface area contributed by atoms with Crippen LogP contribution in [0.3, 0.4) is 0 Å². The van der Waals surface area contributed by atoms with E-state index in [2.05, 4.69) is 6.58 Å². The first-order valence-corrected chi connectivity index (χ1v) is 8.79. The predicted octanol–water partition coefficient (Wildman–Crippen LogP) is 0.876. The fourth-order valence-corrected chi connectivity index (χ4v) is 3.47. The number of carbonyl (C=O) groups is 1. The minimum Gasteiger partial charge on any atom is -0.504 e. The van der Waals surface area contributed by atoms with E-state index in [1.165, 1.54) is 23.8 Å². The summed E-state index contributed by atoms with van der Waals surface area (Å²) in [6.07, 6.45) is 3.00. The predicted molar refractivity (Wildman–Crippen MR) is 102 cm³/mol. The van der Waals surface area contributed by atoms with Crippen molar-refractivity contribution in [1.82, 2.24) is 4.57 Å². The Hall–Kier alpha value is -3.31. The monoisotopic (exact) mass is 386 g/mol. The molecule has 2 aromatic rings. The number of carbonyl (C=O) groups excluding carboxylic acids is 1. The molecule has 8 heteroatoms. The average Bonchev–Trinajstić information content (AvgIpc) is 2.97. The first kappa shape index (κ1) is 20.0. The van der Waals surface area contributed by atoms with Crippen LogP contribution in [0.25, 0.3) is 11.6 Å². The lowest BCUT2D eigenvalue weighted by Crippen LogP contribution is -2.32. The van der Waals surface area contributed by atoms with E-state index in [9.17, 15) is 20.0 Å². The topological polar surface area (TPSA) is 102 Å². The summed E-state index contributed by atoms with van der Waals surface area (Å²) in [5, 5.41) is 19.1. The number of phenols is 1. The molecular weight excluding hydrogens is 368 g/mol. The Morgan fingerprint density at radius 1 is 1.48 bits per heavy atom. The van der Waals surface area contributed by atoms with Gasteiger partial charge in [0, 0.05) is 6.54 Å². The summed E-state index contributed by atoms with van der Waals surface area (Å²) >= 11 is 1.02. The van der Waals surface area contributed by atoms with Crippen molar-refractivity contribution < 1.29 is 19.4 Å². The van der Waals surface area contributed by atoms with Gasteiger partial charge in [0.05, 0.1) is 11.6 Å². The number of ether oxygens (including phenoxy) is 2. The van der Waals surface area contributed by atoms with Gasteiger partial charge in [-0.15, -0.1) is 11.3 Å². The number of rotatable bonds is 6. The molecule has 0 fully saturated rings. The van der Waals surface area contributed by atoms with Gasteiger partial charge in [-0.1, -0.05) is 18.7 Å². The third kappa shape index (κ3) is 4.27. The van der Waals surface area contributed by atoms with Gasteiger partial charge in [0.25, 0.3) is 5.56 Å². The lowest BCUT2D eigenvalue weighted by atomic mass is 10.2. The second-order valence-corrected chi connectivity index (χ2v) is 6.30. The number of hydrogen-bond acceptors (Lipinski definition) is 7. The van der Waals surface area contributed by atoms with E-state index in [0.29, 0.717) is 10.1 Å². The first-order chi connectivity index (χ1) is 13.0. The van der Waals surface area contributed by atoms with Gasteiger partial charge in [-0.25, -0.2) is 4.79 Å². The molecular formula is C19H18N2O5S. The Kier molecular flexibility index (Phi) is 6.57. The zero-order valence-electron chi connectivity index (χ0n) is 14.9. The van der Waals surface area contributed by atoms with Crippen molar-refractivity contribution in [1.29, 1.82) is 5.26 Å². The summed E-state index contributed by atoms with van der Waals surface area (Å²) in [7, 11) is 1.43. The Morgan fingerprint density at radius 3 is 2.81 bits per heavy atom. The quantitative estimate of drug-likeness (QED) is 0.584. The van der Waals surface area contributed by atoms with Crippen LogP contribution in [0.15, 0.2) is 35.6 Å². The molecule has 0 saturated heterocycles. The van der Waals surface area contributed by atoms with Crippen LogP contribution >= 0.6 is 11.3 Å². The second kappa shape index (κ2) is 8.87. The number of benzene rings is 1. The largest absolute Gasteiger partial charge is 0.504 e. The second-order valence-electron chi connectivity index (χ2n) is 5.27. The van der Waals surface area contributed by atoms with Crippen molar-refractivity contribution in [3.05, 3.63) is 56.0 Å². The van der Waals surface area contributed by atoms with Crippen molar-refractivity contribution >= 4 is 29.0 Å². The number of phenolic OH excluding ortho intramolecular Hbond substituents is 1. The van der Waals surface area contributed by atoms with E-state index >= 15 is 0 Å². The zero-order valence-corrected chi connectivity index (χ0v) is 15.7. The molecule has 0 atom stereocenters. The van der Waals surface area contributed by atoms with E-state index in [-0.39, 0.29) is 40.4 Å². The van der Waals surface area contributed by atoms with Crippen molar-refractivity contribution in [2.24, 2.45) is 0 Å². The molecule has 2 rings (SSSR count). The Labute approximate surface area is 159 Å². The minimum atomic E-state index is -0.807. The van der Waals surface area contributed by atoms with E-state index in [4.69, 9.17) is 9.47 Å². The van der Waals surface area contributed by atoms with Gasteiger partial charge >= 0.3 is 5.97 Å². The molecule has 27 heavy (non-hydrogen) atoms. The standard InChI is InChI=1S/C19H18N2O5S/c1-4-8-26-19(24)13(11-20)18-21(5-2)17(23)16(27-18)10-12-6-7-14(22)15(9-12)25-3/h4,6-7,9-10,22H,1,5,8H2,2-3H3/b16-10-,18-13-. The number of hydrogen-bond donors (Lipinski definition) is 1. The summed E-state index contributed by atoms with van der Waals surface area (Å²) in [5.41, 5.74) is 0.0723. The Bertz CT molecular complexity index is 1090. The van der Waals surface area contributed by atoms with Gasteiger partial charge < -0.3 is 14.6 Å². The molecule has 0 saturated carbocycles. The van der Waals surface area contributed by atoms with E-state index in [1.54, 1.807) is 25.1 Å². The maximum Gasteiger partial charge on any atom is 0.352 e. The number of nitriles is 1. The van der Waals surface area contributed by atoms with Gasteiger partial charge in [0.2, 0.25) is 0 Å². The van der Waals surface area contributed by atoms with Crippen molar-refractivity contribution in [3.8, 4) is 17.6 Å². The van der Waals surface area contributed by atoms with Gasteiger partial charge in [0.15, 0.2) is 17.1 Å². The molecule has 0 spiro atoms. The number of nitrogens with zero attached hydrogens (tertiary/aromatic N) is 2. The van der Waals surface area contributed by atoms with Crippen molar-refractivity contribution in [3.63, 3.8) is 0 Å². The molecule has 1 N–H and O–H groups in total. The fourth-order valence-electron chi connectivity index (χ4n) is 2.32. The summed E-state index contributed by atoms with van der Waals surface area (Å²) < 4.78 is 11.9. The lowest BCUT2D eigenvalue weighted by molar-refractivity contribution is -0.135. The number of aromatic nitrogens is 1. The van der Waals surface area contributed by atoms with Crippen LogP contribution in [-0.4, -0.2) is 29.4 Å². The number of thiazole rings is 1. The van der Waals surface area contributed by atoms with Crippen LogP contribution < -0.4 is 19.5 Å². The third-order valence-electron chi connectivity index (χ3n) is 3.59. The summed E-state index contributed by atoms with van der Waals surface area (Å²) in [6.45, 7) is 5.46. The molecule has 0 aliphatic rings. The number of aromatic hydroxyl groups is 1. The fraction of sp³-hybridized carbons (Fsp3) is 0.211. The minimum absolute atomic E-state index is 0.0162. The van der Waals surface area contributed by atoms with Gasteiger partial charge in [-0.05, 0) is 30.7 Å². The Balaban J connectivity index is 2.70. The van der Waals surface area contributed by atoms with Crippen LogP contribution in [0.5, 0.6) is 11.5 Å². The Morgan fingerprint density at radius 2 is 2.22 bits per heavy atom. The summed E-state index contributed by atoms with van der Waals surface area (Å²) in [5.74, 6) is -0.551. The number of esters is 1. The van der Waals surface area contributed by atoms with E-state index in [1.807, 2.05) is 6.07 Å². The van der Waals surface area contributed by atoms with Crippen LogP contribution in [0.2, 0.25) is 0 Å². The molecule has 0 aliphatic heterocycles. The van der Waals surface area contributed by atoms with Crippen LogP contribution in [-0.2, 0) is 16.1 Å². The first-order valence-electron chi connectivity index (χ1n) is 7.97. The van der Waals surface area contributed by atoms with Crippen LogP contribution in [0.4, 0.5) is 0 Å². The molecule has 1 aromatic carbocycles. The lowest BCUT2D eigenvalue weighted by Gasteiger charge is -2.03. The molecule has 1 aromatic heterocycles. The molecule has 7 nitrogen and oxygen atoms in total. The van der Waals surface area contributed by atoms with E-state index in [0.717, 1.165) is 11.3 Å². The highest BCUT2D eigenvalue weighted by Crippen LogP contribution is 2.26. The van der Waals surface area contributed by atoms with Crippen LogP contribution in [0.1, 0.15) is 12.5 Å². The number of methoxy groups -OCH3 is 1. The smallest absolute Gasteiger partial charge is 0.352 e. The highest BCUT2D eigenvalue weighted by atomic mass is 32.1. The van der Waals surface area contributed by atoms with Gasteiger partial charge in [-0.3, -0.25) is 9.36 Å². The third-order valence-corrected chi connectivity index (χ3v) is 4.72. The summed E-state index contributed by atoms with van der Waals surface area (Å²) in [4.78, 5) is 24.8. The zero-order chi connectivity index (χ0) is 20.0. The normalized spacial score (nSPS) is 12.3. The molecule has 0 radical (unpaired) electrons. The highest BCUT2D eigenvalue weighted by molar-refractivity contribution is 7.07. The highest BCUT2D eigenvalue weighted by Gasteiger charge is 2.16. The average molecular weight is 386 g/mol. The maximum absolute atomic E-state index is 12.7. The maximum atomic E-state index is 12.7. The molecule has 0 amide bonds. The molecule has 0 bridgehead atoms. The summed E-state index contributed by atoms with van der Waals surface area (Å²) in [6, 6.07) is 6.49. The van der Waals surface area contributed by atoms with Crippen LogP contribution in [0, 0.1) is 11.3 Å². The van der Waals surface area contributed by atoms with Crippen molar-refractivity contribution in [2.75, 3.05) is 13.7 Å².